The average molecular weight is 326 g/mol. The van der Waals surface area contributed by atoms with E-state index in [4.69, 9.17) is 9.47 Å². The smallest absolute Gasteiger partial charge is 0.410 e. The first-order valence-electron chi connectivity index (χ1n) is 6.99. The number of ether oxygens (including phenoxy) is 2. The van der Waals surface area contributed by atoms with E-state index in [9.17, 15) is 9.59 Å². The molecule has 6 nitrogen and oxygen atoms in total. The third-order valence-electron chi connectivity index (χ3n) is 2.94. The summed E-state index contributed by atoms with van der Waals surface area (Å²) in [7, 11) is 0. The van der Waals surface area contributed by atoms with Gasteiger partial charge in [-0.25, -0.2) is 9.59 Å². The number of nitrogens with zero attached hydrogens (tertiary/aromatic N) is 1. The van der Waals surface area contributed by atoms with Crippen LogP contribution in [-0.2, 0) is 9.47 Å². The molecule has 1 heterocycles. The van der Waals surface area contributed by atoms with Crippen molar-refractivity contribution >= 4 is 24.8 Å². The number of amides is 2. The van der Waals surface area contributed by atoms with Crippen LogP contribution in [0.15, 0.2) is 37.5 Å². The van der Waals surface area contributed by atoms with Crippen molar-refractivity contribution in [1.82, 2.24) is 10.2 Å². The van der Waals surface area contributed by atoms with Gasteiger partial charge in [-0.15, -0.1) is 0 Å². The third-order valence-corrected chi connectivity index (χ3v) is 3.31. The van der Waals surface area contributed by atoms with Gasteiger partial charge < -0.3 is 19.7 Å². The molecule has 2 amide bonds. The summed E-state index contributed by atoms with van der Waals surface area (Å²) in [5.41, 5.74) is 0. The molecule has 22 heavy (non-hydrogen) atoms. The van der Waals surface area contributed by atoms with Crippen molar-refractivity contribution < 1.29 is 19.1 Å². The molecule has 1 fully saturated rings. The standard InChI is InChI=1S/C15H22N2O4S/c1-3-8-20-14(18)16-7-5-6-12-10-13(22)11-17(12)15(19)21-9-4-2/h3-6,12-13,22H,1-2,7-11H2,(H,16,18)/b6-5+/t12-,13+/m1/s1. The van der Waals surface area contributed by atoms with Crippen LogP contribution in [0.3, 0.4) is 0 Å². The van der Waals surface area contributed by atoms with Crippen molar-refractivity contribution in [3.05, 3.63) is 37.5 Å². The quantitative estimate of drug-likeness (QED) is 0.556. The number of rotatable bonds is 7. The fourth-order valence-corrected chi connectivity index (χ4v) is 2.39. The van der Waals surface area contributed by atoms with E-state index in [0.29, 0.717) is 13.1 Å². The molecule has 0 radical (unpaired) electrons. The maximum absolute atomic E-state index is 11.9. The first kappa shape index (κ1) is 18.2. The maximum atomic E-state index is 11.9. The normalized spacial score (nSPS) is 20.7. The minimum absolute atomic E-state index is 0.0918. The summed E-state index contributed by atoms with van der Waals surface area (Å²) in [5.74, 6) is 0. The van der Waals surface area contributed by atoms with Gasteiger partial charge in [-0.05, 0) is 6.42 Å². The van der Waals surface area contributed by atoms with E-state index in [-0.39, 0.29) is 30.6 Å². The summed E-state index contributed by atoms with van der Waals surface area (Å²) < 4.78 is 9.82. The number of hydrogen-bond acceptors (Lipinski definition) is 5. The third kappa shape index (κ3) is 6.26. The summed E-state index contributed by atoms with van der Waals surface area (Å²) in [6.07, 6.45) is 6.50. The van der Waals surface area contributed by atoms with Gasteiger partial charge in [0.05, 0.1) is 6.04 Å². The van der Waals surface area contributed by atoms with E-state index < -0.39 is 6.09 Å². The molecule has 0 aliphatic carbocycles. The van der Waals surface area contributed by atoms with Gasteiger partial charge >= 0.3 is 12.2 Å². The van der Waals surface area contributed by atoms with Gasteiger partial charge in [0, 0.05) is 18.3 Å². The van der Waals surface area contributed by atoms with E-state index in [0.717, 1.165) is 6.42 Å². The molecule has 0 unspecified atom stereocenters. The Morgan fingerprint density at radius 1 is 1.27 bits per heavy atom. The van der Waals surface area contributed by atoms with Crippen molar-refractivity contribution in [2.24, 2.45) is 0 Å². The predicted octanol–water partition coefficient (Wildman–Crippen LogP) is 2.15. The van der Waals surface area contributed by atoms with E-state index in [1.54, 1.807) is 11.0 Å². The molecule has 0 bridgehead atoms. The van der Waals surface area contributed by atoms with Crippen molar-refractivity contribution in [2.75, 3.05) is 26.3 Å². The molecule has 122 valence electrons. The molecule has 0 aromatic heterocycles. The summed E-state index contributed by atoms with van der Waals surface area (Å²) in [4.78, 5) is 24.7. The van der Waals surface area contributed by atoms with Crippen LogP contribution in [-0.4, -0.2) is 54.7 Å². The molecule has 1 aliphatic rings. The highest BCUT2D eigenvalue weighted by Crippen LogP contribution is 2.23. The van der Waals surface area contributed by atoms with Crippen LogP contribution < -0.4 is 5.32 Å². The van der Waals surface area contributed by atoms with Crippen LogP contribution in [0.25, 0.3) is 0 Å². The highest BCUT2D eigenvalue weighted by atomic mass is 32.1. The van der Waals surface area contributed by atoms with Gasteiger partial charge in [-0.3, -0.25) is 0 Å². The lowest BCUT2D eigenvalue weighted by Crippen LogP contribution is -2.35. The first-order chi connectivity index (χ1) is 10.6. The van der Waals surface area contributed by atoms with Gasteiger partial charge in [0.2, 0.25) is 0 Å². The fourth-order valence-electron chi connectivity index (χ4n) is 2.00. The molecule has 0 saturated carbocycles. The lowest BCUT2D eigenvalue weighted by Gasteiger charge is -2.21. The van der Waals surface area contributed by atoms with Crippen molar-refractivity contribution in [3.8, 4) is 0 Å². The van der Waals surface area contributed by atoms with Crippen LogP contribution >= 0.6 is 12.6 Å². The first-order valence-corrected chi connectivity index (χ1v) is 7.50. The zero-order valence-corrected chi connectivity index (χ0v) is 13.3. The Balaban J connectivity index is 2.42. The highest BCUT2D eigenvalue weighted by Gasteiger charge is 2.32. The zero-order valence-electron chi connectivity index (χ0n) is 12.4. The highest BCUT2D eigenvalue weighted by molar-refractivity contribution is 7.81. The Morgan fingerprint density at radius 2 is 1.95 bits per heavy atom. The summed E-state index contributed by atoms with van der Waals surface area (Å²) in [6, 6.07) is -0.0918. The van der Waals surface area contributed by atoms with E-state index in [1.807, 2.05) is 6.08 Å². The molecule has 2 atom stereocenters. The van der Waals surface area contributed by atoms with Crippen molar-refractivity contribution in [1.29, 1.82) is 0 Å². The fraction of sp³-hybridized carbons (Fsp3) is 0.467. The number of hydrogen-bond donors (Lipinski definition) is 2. The SMILES string of the molecule is C=CCOC(=O)NC/C=C/[C@@H]1C[C@H](S)CN1C(=O)OCC=C. The molecule has 1 aliphatic heterocycles. The van der Waals surface area contributed by atoms with Crippen LogP contribution in [0.1, 0.15) is 6.42 Å². The largest absolute Gasteiger partial charge is 0.445 e. The van der Waals surface area contributed by atoms with Gasteiger partial charge in [0.1, 0.15) is 13.2 Å². The minimum Gasteiger partial charge on any atom is -0.445 e. The molecule has 7 heteroatoms. The molecular weight excluding hydrogens is 304 g/mol. The van der Waals surface area contributed by atoms with Crippen molar-refractivity contribution in [2.45, 2.75) is 17.7 Å². The lowest BCUT2D eigenvalue weighted by molar-refractivity contribution is 0.114. The maximum Gasteiger partial charge on any atom is 0.410 e. The summed E-state index contributed by atoms with van der Waals surface area (Å²) in [5, 5.41) is 2.68. The van der Waals surface area contributed by atoms with Gasteiger partial charge in [-0.2, -0.15) is 12.6 Å². The van der Waals surface area contributed by atoms with Crippen molar-refractivity contribution in [3.63, 3.8) is 0 Å². The predicted molar refractivity (Wildman–Crippen MR) is 88.1 cm³/mol. The van der Waals surface area contributed by atoms with Gasteiger partial charge in [0.15, 0.2) is 0 Å². The minimum atomic E-state index is -0.509. The number of likely N-dealkylation sites (tertiary alicyclic amines) is 1. The number of thiol groups is 1. The number of carbonyl (C=O) groups is 2. The van der Waals surface area contributed by atoms with Crippen LogP contribution in [0, 0.1) is 0 Å². The molecule has 1 rings (SSSR count). The molecule has 0 aromatic rings. The van der Waals surface area contributed by atoms with Gasteiger partial charge in [-0.1, -0.05) is 37.5 Å². The number of nitrogens with one attached hydrogen (secondary N) is 1. The number of carbonyl (C=O) groups excluding carboxylic acids is 2. The van der Waals surface area contributed by atoms with Crippen LogP contribution in [0.4, 0.5) is 9.59 Å². The van der Waals surface area contributed by atoms with Crippen LogP contribution in [0.5, 0.6) is 0 Å². The summed E-state index contributed by atoms with van der Waals surface area (Å²) >= 11 is 4.41. The molecule has 0 spiro atoms. The van der Waals surface area contributed by atoms with Crippen LogP contribution in [0.2, 0.25) is 0 Å². The lowest BCUT2D eigenvalue weighted by atomic mass is 10.2. The van der Waals surface area contributed by atoms with E-state index >= 15 is 0 Å². The molecular formula is C15H22N2O4S. The van der Waals surface area contributed by atoms with E-state index in [1.165, 1.54) is 12.2 Å². The Hall–Kier alpha value is -1.89. The summed E-state index contributed by atoms with van der Waals surface area (Å²) in [6.45, 7) is 8.16. The Morgan fingerprint density at radius 3 is 2.64 bits per heavy atom. The second kappa shape index (κ2) is 9.94. The second-order valence-electron chi connectivity index (χ2n) is 4.67. The Kier molecular flexibility index (Phi) is 8.21. The molecule has 0 aromatic carbocycles. The topological polar surface area (TPSA) is 67.9 Å². The number of alkyl carbamates (subject to hydrolysis) is 1. The average Bonchev–Trinajstić information content (AvgIpc) is 2.88. The Bertz CT molecular complexity index is 439. The monoisotopic (exact) mass is 326 g/mol. The zero-order chi connectivity index (χ0) is 16.4. The second-order valence-corrected chi connectivity index (χ2v) is 5.40. The van der Waals surface area contributed by atoms with Gasteiger partial charge in [0.25, 0.3) is 0 Å². The Labute approximate surface area is 136 Å². The van der Waals surface area contributed by atoms with E-state index in [2.05, 4.69) is 31.1 Å². The molecule has 1 saturated heterocycles. The molecule has 1 N–H and O–H groups in total.